The van der Waals surface area contributed by atoms with Gasteiger partial charge in [0.25, 0.3) is 0 Å². The van der Waals surface area contributed by atoms with E-state index in [0.29, 0.717) is 6.42 Å². The van der Waals surface area contributed by atoms with E-state index < -0.39 is 0 Å². The number of carbonyl (C=O) groups is 1. The fourth-order valence-electron chi connectivity index (χ4n) is 1.32. The Kier molecular flexibility index (Phi) is 3.76. The number of carbonyl (C=O) groups excluding carboxylic acids is 1. The quantitative estimate of drug-likeness (QED) is 0.586. The molecule has 1 nitrogen and oxygen atoms in total. The maximum atomic E-state index is 10.8. The smallest absolute Gasteiger partial charge is 0.130 e. The summed E-state index contributed by atoms with van der Waals surface area (Å²) in [6, 6.07) is 0. The Morgan fingerprint density at radius 2 is 2.00 bits per heavy atom. The fourth-order valence-corrected chi connectivity index (χ4v) is 1.32. The van der Waals surface area contributed by atoms with Crippen LogP contribution in [0.1, 0.15) is 34.1 Å². The molecule has 0 aliphatic rings. The molecule has 0 aromatic carbocycles. The van der Waals surface area contributed by atoms with Crippen molar-refractivity contribution in [2.45, 2.75) is 34.1 Å². The summed E-state index contributed by atoms with van der Waals surface area (Å²) >= 11 is 0. The van der Waals surface area contributed by atoms with E-state index >= 15 is 0 Å². The molecular formula is C11H16O. The van der Waals surface area contributed by atoms with Crippen molar-refractivity contribution in [2.75, 3.05) is 0 Å². The van der Waals surface area contributed by atoms with Crippen LogP contribution in [0.15, 0.2) is 11.6 Å². The third kappa shape index (κ3) is 4.73. The molecule has 0 atom stereocenters. The van der Waals surface area contributed by atoms with E-state index in [-0.39, 0.29) is 11.2 Å². The maximum Gasteiger partial charge on any atom is 0.130 e. The highest BCUT2D eigenvalue weighted by atomic mass is 16.1. The van der Waals surface area contributed by atoms with Crippen LogP contribution >= 0.6 is 0 Å². The summed E-state index contributed by atoms with van der Waals surface area (Å²) in [5.41, 5.74) is 0.781. The molecule has 0 heterocycles. The maximum absolute atomic E-state index is 10.8. The average molecular weight is 164 g/mol. The van der Waals surface area contributed by atoms with E-state index in [1.807, 2.05) is 26.8 Å². The van der Waals surface area contributed by atoms with Gasteiger partial charge in [0, 0.05) is 6.42 Å². The molecule has 0 aromatic rings. The molecule has 0 aromatic heterocycles. The van der Waals surface area contributed by atoms with Crippen LogP contribution in [-0.4, -0.2) is 5.78 Å². The van der Waals surface area contributed by atoms with Gasteiger partial charge in [-0.2, -0.15) is 0 Å². The molecule has 0 aliphatic carbocycles. The van der Waals surface area contributed by atoms with Crippen molar-refractivity contribution < 1.29 is 4.79 Å². The summed E-state index contributed by atoms with van der Waals surface area (Å²) in [6.07, 6.45) is 7.72. The standard InChI is InChI=1S/C11H16O/c1-6-9(2)7-11(4,5)8-10(3)12/h1,7H,8H2,2-5H3/b9-7-. The first-order valence-electron chi connectivity index (χ1n) is 4.03. The Balaban J connectivity index is 4.43. The largest absolute Gasteiger partial charge is 0.300 e. The van der Waals surface area contributed by atoms with Gasteiger partial charge in [0.05, 0.1) is 0 Å². The second kappa shape index (κ2) is 4.11. The second-order valence-corrected chi connectivity index (χ2v) is 3.84. The lowest BCUT2D eigenvalue weighted by atomic mass is 9.86. The van der Waals surface area contributed by atoms with Gasteiger partial charge in [-0.1, -0.05) is 25.8 Å². The first kappa shape index (κ1) is 11.0. The van der Waals surface area contributed by atoms with Crippen LogP contribution < -0.4 is 0 Å². The van der Waals surface area contributed by atoms with Gasteiger partial charge in [0.1, 0.15) is 5.78 Å². The summed E-state index contributed by atoms with van der Waals surface area (Å²) in [6.45, 7) is 7.49. The van der Waals surface area contributed by atoms with Gasteiger partial charge in [0.15, 0.2) is 0 Å². The molecule has 0 radical (unpaired) electrons. The molecule has 0 amide bonds. The Labute approximate surface area is 74.9 Å². The summed E-state index contributed by atoms with van der Waals surface area (Å²) in [5, 5.41) is 0. The highest BCUT2D eigenvalue weighted by molar-refractivity contribution is 5.76. The van der Waals surface area contributed by atoms with Crippen LogP contribution in [-0.2, 0) is 4.79 Å². The third-order valence-electron chi connectivity index (χ3n) is 1.54. The first-order chi connectivity index (χ1) is 5.37. The zero-order valence-electron chi connectivity index (χ0n) is 8.27. The van der Waals surface area contributed by atoms with Crippen LogP contribution in [0.5, 0.6) is 0 Å². The van der Waals surface area contributed by atoms with Gasteiger partial charge in [0.2, 0.25) is 0 Å². The van der Waals surface area contributed by atoms with Crippen LogP contribution in [0.25, 0.3) is 0 Å². The van der Waals surface area contributed by atoms with Gasteiger partial charge >= 0.3 is 0 Å². The summed E-state index contributed by atoms with van der Waals surface area (Å²) in [5.74, 6) is 2.74. The van der Waals surface area contributed by atoms with Gasteiger partial charge < -0.3 is 0 Å². The first-order valence-corrected chi connectivity index (χ1v) is 4.03. The zero-order valence-corrected chi connectivity index (χ0v) is 8.27. The zero-order chi connectivity index (χ0) is 9.78. The molecule has 12 heavy (non-hydrogen) atoms. The van der Waals surface area contributed by atoms with Crippen molar-refractivity contribution in [3.05, 3.63) is 11.6 Å². The predicted molar refractivity (Wildman–Crippen MR) is 51.7 cm³/mol. The molecule has 0 saturated heterocycles. The van der Waals surface area contributed by atoms with Crippen molar-refractivity contribution in [3.63, 3.8) is 0 Å². The molecule has 0 saturated carbocycles. The monoisotopic (exact) mass is 164 g/mol. The van der Waals surface area contributed by atoms with Crippen molar-refractivity contribution in [1.82, 2.24) is 0 Å². The molecule has 0 bridgehead atoms. The van der Waals surface area contributed by atoms with Crippen LogP contribution in [0.2, 0.25) is 0 Å². The molecule has 0 fully saturated rings. The van der Waals surface area contributed by atoms with E-state index in [1.165, 1.54) is 0 Å². The Hall–Kier alpha value is -1.03. The number of hydrogen-bond donors (Lipinski definition) is 0. The van der Waals surface area contributed by atoms with E-state index in [0.717, 1.165) is 5.57 Å². The molecule has 0 N–H and O–H groups in total. The van der Waals surface area contributed by atoms with E-state index in [4.69, 9.17) is 6.42 Å². The molecule has 66 valence electrons. The minimum Gasteiger partial charge on any atom is -0.300 e. The van der Waals surface area contributed by atoms with Gasteiger partial charge in [-0.3, -0.25) is 4.79 Å². The average Bonchev–Trinajstić information content (AvgIpc) is 1.83. The normalized spacial score (nSPS) is 12.4. The number of rotatable bonds is 3. The van der Waals surface area contributed by atoms with Crippen molar-refractivity contribution in [1.29, 1.82) is 0 Å². The van der Waals surface area contributed by atoms with Crippen LogP contribution in [0, 0.1) is 17.8 Å². The third-order valence-corrected chi connectivity index (χ3v) is 1.54. The number of terminal acetylenes is 1. The van der Waals surface area contributed by atoms with Gasteiger partial charge in [-0.05, 0) is 24.8 Å². The van der Waals surface area contributed by atoms with Crippen molar-refractivity contribution >= 4 is 5.78 Å². The SMILES string of the molecule is C#C/C(C)=C\C(C)(C)CC(C)=O. The number of Topliss-reactive ketones (excluding diaryl/α,β-unsaturated/α-hetero) is 1. The van der Waals surface area contributed by atoms with Gasteiger partial charge in [-0.25, -0.2) is 0 Å². The topological polar surface area (TPSA) is 17.1 Å². The highest BCUT2D eigenvalue weighted by Crippen LogP contribution is 2.23. The molecule has 0 unspecified atom stereocenters. The lowest BCUT2D eigenvalue weighted by Gasteiger charge is -2.18. The predicted octanol–water partition coefficient (Wildman–Crippen LogP) is 2.57. The number of allylic oxidation sites excluding steroid dienone is 2. The van der Waals surface area contributed by atoms with Crippen molar-refractivity contribution in [3.8, 4) is 12.3 Å². The lowest BCUT2D eigenvalue weighted by molar-refractivity contribution is -0.118. The minimum absolute atomic E-state index is 0.109. The van der Waals surface area contributed by atoms with Crippen LogP contribution in [0.4, 0.5) is 0 Å². The fraction of sp³-hybridized carbons (Fsp3) is 0.545. The summed E-state index contributed by atoms with van der Waals surface area (Å²) in [7, 11) is 0. The minimum atomic E-state index is -0.109. The van der Waals surface area contributed by atoms with Crippen molar-refractivity contribution in [2.24, 2.45) is 5.41 Å². The second-order valence-electron chi connectivity index (χ2n) is 3.84. The van der Waals surface area contributed by atoms with Crippen LogP contribution in [0.3, 0.4) is 0 Å². The lowest BCUT2D eigenvalue weighted by Crippen LogP contribution is -2.12. The Morgan fingerprint density at radius 3 is 2.33 bits per heavy atom. The Bertz CT molecular complexity index is 238. The van der Waals surface area contributed by atoms with E-state index in [2.05, 4.69) is 5.92 Å². The molecule has 1 heteroatoms. The summed E-state index contributed by atoms with van der Waals surface area (Å²) in [4.78, 5) is 10.8. The van der Waals surface area contributed by atoms with Gasteiger partial charge in [-0.15, -0.1) is 6.42 Å². The highest BCUT2D eigenvalue weighted by Gasteiger charge is 2.16. The summed E-state index contributed by atoms with van der Waals surface area (Å²) < 4.78 is 0. The molecule has 0 spiro atoms. The molecule has 0 aliphatic heterocycles. The molecular weight excluding hydrogens is 148 g/mol. The molecule has 0 rings (SSSR count). The Morgan fingerprint density at radius 1 is 1.50 bits per heavy atom. The number of ketones is 1. The van der Waals surface area contributed by atoms with E-state index in [9.17, 15) is 4.79 Å². The van der Waals surface area contributed by atoms with E-state index in [1.54, 1.807) is 6.92 Å². The number of hydrogen-bond acceptors (Lipinski definition) is 1.